The van der Waals surface area contributed by atoms with Crippen molar-refractivity contribution < 1.29 is 9.53 Å². The molecule has 0 bridgehead atoms. The molecule has 0 radical (unpaired) electrons. The summed E-state index contributed by atoms with van der Waals surface area (Å²) in [7, 11) is -0.0279. The lowest BCUT2D eigenvalue weighted by Gasteiger charge is -1.97. The molecule has 0 spiro atoms. The highest BCUT2D eigenvalue weighted by Crippen LogP contribution is 2.04. The smallest absolute Gasteiger partial charge is 0.426 e. The fourth-order valence-corrected chi connectivity index (χ4v) is 0.948. The van der Waals surface area contributed by atoms with Gasteiger partial charge in [-0.2, -0.15) is 4.79 Å². The van der Waals surface area contributed by atoms with Crippen LogP contribution in [0.4, 0.5) is 4.79 Å². The molecule has 1 aromatic rings. The number of rotatable bonds is 3. The number of carbonyl (C=O) groups is 1. The first-order valence-electron chi connectivity index (χ1n) is 3.56. The Bertz CT molecular complexity index is 269. The van der Waals surface area contributed by atoms with E-state index in [0.717, 1.165) is 5.56 Å². The van der Waals surface area contributed by atoms with Crippen LogP contribution in [0.5, 0.6) is 0 Å². The average molecular weight is 181 g/mol. The van der Waals surface area contributed by atoms with Crippen LogP contribution in [-0.4, -0.2) is 12.0 Å². The number of ether oxygens (including phenoxy) is 1. The second kappa shape index (κ2) is 4.68. The summed E-state index contributed by atoms with van der Waals surface area (Å²) in [4.78, 5) is 10.7. The summed E-state index contributed by atoms with van der Waals surface area (Å²) in [5.74, 6) is 0. The molecule has 3 heteroatoms. The van der Waals surface area contributed by atoms with Crippen molar-refractivity contribution in [3.63, 3.8) is 0 Å². The largest absolute Gasteiger partial charge is 0.507 e. The minimum atomic E-state index is -0.237. The molecule has 0 heterocycles. The molecule has 0 aromatic heterocycles. The van der Waals surface area contributed by atoms with E-state index in [1.165, 1.54) is 0 Å². The number of hydrogen-bond acceptors (Lipinski definition) is 2. The van der Waals surface area contributed by atoms with E-state index in [4.69, 9.17) is 4.74 Å². The fraction of sp³-hybridized carbons (Fsp3) is 0.111. The lowest BCUT2D eigenvalue weighted by atomic mass is 10.2. The number of carbonyl (C=O) groups excluding carboxylic acids is 1. The maximum absolute atomic E-state index is 10.7. The Hall–Kier alpha value is -1.14. The van der Waals surface area contributed by atoms with Gasteiger partial charge in [0.05, 0.1) is 6.30 Å². The Morgan fingerprint density at radius 1 is 1.42 bits per heavy atom. The van der Waals surface area contributed by atoms with Crippen LogP contribution in [-0.2, 0) is 11.3 Å². The topological polar surface area (TPSA) is 26.3 Å². The third-order valence-electron chi connectivity index (χ3n) is 1.36. The van der Waals surface area contributed by atoms with Gasteiger partial charge < -0.3 is 4.74 Å². The van der Waals surface area contributed by atoms with Gasteiger partial charge in [0.1, 0.15) is 6.61 Å². The quantitative estimate of drug-likeness (QED) is 0.669. The van der Waals surface area contributed by atoms with Gasteiger partial charge in [-0.3, -0.25) is 0 Å². The van der Waals surface area contributed by atoms with Crippen molar-refractivity contribution in [1.82, 2.24) is 0 Å². The Kier molecular flexibility index (Phi) is 3.49. The zero-order chi connectivity index (χ0) is 8.81. The minimum Gasteiger partial charge on any atom is -0.426 e. The molecular formula is C9H10O2P+. The van der Waals surface area contributed by atoms with E-state index in [0.29, 0.717) is 6.61 Å². The van der Waals surface area contributed by atoms with Gasteiger partial charge in [-0.15, -0.1) is 0 Å². The molecule has 1 rings (SSSR count). The van der Waals surface area contributed by atoms with Crippen molar-refractivity contribution in [2.45, 2.75) is 6.61 Å². The molecule has 12 heavy (non-hydrogen) atoms. The summed E-state index contributed by atoms with van der Waals surface area (Å²) >= 11 is 0. The molecular weight excluding hydrogens is 171 g/mol. The van der Waals surface area contributed by atoms with Gasteiger partial charge >= 0.3 is 5.71 Å². The molecule has 0 fully saturated rings. The maximum atomic E-state index is 10.7. The molecule has 0 aliphatic carbocycles. The molecule has 0 N–H and O–H groups in total. The van der Waals surface area contributed by atoms with Crippen molar-refractivity contribution in [2.75, 3.05) is 0 Å². The van der Waals surface area contributed by atoms with Gasteiger partial charge in [0.2, 0.25) is 0 Å². The van der Waals surface area contributed by atoms with Crippen LogP contribution in [0.3, 0.4) is 0 Å². The number of benzene rings is 1. The van der Waals surface area contributed by atoms with Crippen molar-refractivity contribution in [2.24, 2.45) is 0 Å². The highest BCUT2D eigenvalue weighted by molar-refractivity contribution is 7.55. The second-order valence-corrected chi connectivity index (χ2v) is 3.00. The second-order valence-electron chi connectivity index (χ2n) is 2.24. The predicted octanol–water partition coefficient (Wildman–Crippen LogP) is 2.43. The van der Waals surface area contributed by atoms with Crippen molar-refractivity contribution in [3.8, 4) is 0 Å². The lowest BCUT2D eigenvalue weighted by molar-refractivity contribution is 0.168. The van der Waals surface area contributed by atoms with Crippen LogP contribution >= 0.6 is 8.20 Å². The van der Waals surface area contributed by atoms with E-state index >= 15 is 0 Å². The Labute approximate surface area is 73.0 Å². The van der Waals surface area contributed by atoms with Crippen molar-refractivity contribution in [3.05, 3.63) is 35.9 Å². The first-order chi connectivity index (χ1) is 5.83. The zero-order valence-electron chi connectivity index (χ0n) is 6.62. The van der Waals surface area contributed by atoms with E-state index in [2.05, 4.69) is 6.30 Å². The molecule has 2 nitrogen and oxygen atoms in total. The molecule has 1 atom stereocenters. The van der Waals surface area contributed by atoms with Crippen LogP contribution < -0.4 is 0 Å². The molecule has 0 saturated heterocycles. The minimum absolute atomic E-state index is 0.0279. The van der Waals surface area contributed by atoms with Gasteiger partial charge in [-0.05, 0) is 5.56 Å². The first-order valence-corrected chi connectivity index (χ1v) is 4.77. The summed E-state index contributed by atoms with van der Waals surface area (Å²) in [5.41, 5.74) is 0.767. The third kappa shape index (κ3) is 2.85. The number of hydrogen-bond donors (Lipinski definition) is 0. The average Bonchev–Trinajstić information content (AvgIpc) is 2.16. The van der Waals surface area contributed by atoms with Crippen LogP contribution in [0.15, 0.2) is 30.3 Å². The van der Waals surface area contributed by atoms with Crippen LogP contribution in [0.2, 0.25) is 0 Å². The molecule has 0 aliphatic rings. The highest BCUT2D eigenvalue weighted by Gasteiger charge is 2.03. The molecule has 0 saturated carbocycles. The summed E-state index contributed by atoms with van der Waals surface area (Å²) in [6, 6.07) is 9.58. The van der Waals surface area contributed by atoms with Crippen LogP contribution in [0.25, 0.3) is 0 Å². The van der Waals surface area contributed by atoms with Crippen LogP contribution in [0.1, 0.15) is 5.56 Å². The standard InChI is InChI=1S/C9H9O2P/c1-12-9(10)11-7-8-5-3-2-4-6-8/h2-6H,1,7H2/p+1. The van der Waals surface area contributed by atoms with Crippen LogP contribution in [0, 0.1) is 0 Å². The van der Waals surface area contributed by atoms with Crippen molar-refractivity contribution in [1.29, 1.82) is 0 Å². The third-order valence-corrected chi connectivity index (χ3v) is 1.79. The van der Waals surface area contributed by atoms with E-state index < -0.39 is 0 Å². The van der Waals surface area contributed by atoms with E-state index in [9.17, 15) is 4.79 Å². The molecule has 1 aromatic carbocycles. The Morgan fingerprint density at radius 2 is 2.08 bits per heavy atom. The predicted molar refractivity (Wildman–Crippen MR) is 52.1 cm³/mol. The normalized spacial score (nSPS) is 9.67. The van der Waals surface area contributed by atoms with Gasteiger partial charge in [0.25, 0.3) is 0 Å². The van der Waals surface area contributed by atoms with E-state index in [-0.39, 0.29) is 13.9 Å². The Morgan fingerprint density at radius 3 is 2.67 bits per heavy atom. The van der Waals surface area contributed by atoms with Gasteiger partial charge in [-0.25, -0.2) is 0 Å². The highest BCUT2D eigenvalue weighted by atomic mass is 31.1. The molecule has 0 aliphatic heterocycles. The molecule has 1 unspecified atom stereocenters. The summed E-state index contributed by atoms with van der Waals surface area (Å²) in [6.45, 7) is 0.349. The first kappa shape index (κ1) is 8.95. The summed E-state index contributed by atoms with van der Waals surface area (Å²) < 4.78 is 4.89. The maximum Gasteiger partial charge on any atom is 0.507 e. The monoisotopic (exact) mass is 181 g/mol. The van der Waals surface area contributed by atoms with E-state index in [1.807, 2.05) is 30.3 Å². The summed E-state index contributed by atoms with van der Waals surface area (Å²) in [5, 5.41) is 0. The lowest BCUT2D eigenvalue weighted by Crippen LogP contribution is -1.94. The van der Waals surface area contributed by atoms with Gasteiger partial charge in [-0.1, -0.05) is 30.3 Å². The fourth-order valence-electron chi connectivity index (χ4n) is 0.774. The zero-order valence-corrected chi connectivity index (χ0v) is 7.62. The molecule has 62 valence electrons. The van der Waals surface area contributed by atoms with E-state index in [1.54, 1.807) is 0 Å². The van der Waals surface area contributed by atoms with Gasteiger partial charge in [0, 0.05) is 0 Å². The van der Waals surface area contributed by atoms with Gasteiger partial charge in [0.15, 0.2) is 8.20 Å². The SMILES string of the molecule is C=[PH+]C(=O)OCc1ccccc1. The summed E-state index contributed by atoms with van der Waals surface area (Å²) in [6.07, 6.45) is 3.45. The molecule has 0 amide bonds. The van der Waals surface area contributed by atoms with Crippen molar-refractivity contribution >= 4 is 20.2 Å². The Balaban J connectivity index is 2.43.